The van der Waals surface area contributed by atoms with E-state index in [-0.39, 0.29) is 18.7 Å². The van der Waals surface area contributed by atoms with Crippen molar-refractivity contribution in [2.24, 2.45) is 0 Å². The summed E-state index contributed by atoms with van der Waals surface area (Å²) in [6, 6.07) is -0.930. The third kappa shape index (κ3) is 2.77. The summed E-state index contributed by atoms with van der Waals surface area (Å²) in [6.07, 6.45) is 1.95. The standard InChI is InChI=1S/C11H17N3O5S/c1-20(18,19)14-9(2-3-10(14)16)11(17)13-6-4-12(8-15)5-7-13/h8-9H,2-7H2,1H3. The number of rotatable bonds is 3. The van der Waals surface area contributed by atoms with E-state index < -0.39 is 22.0 Å². The minimum absolute atomic E-state index is 0.0672. The molecule has 2 heterocycles. The molecule has 20 heavy (non-hydrogen) atoms. The van der Waals surface area contributed by atoms with Gasteiger partial charge < -0.3 is 9.80 Å². The Kier molecular flexibility index (Phi) is 3.98. The van der Waals surface area contributed by atoms with E-state index in [0.717, 1.165) is 12.7 Å². The molecule has 2 aliphatic heterocycles. The molecule has 2 rings (SSSR count). The van der Waals surface area contributed by atoms with Crippen LogP contribution in [0.15, 0.2) is 0 Å². The van der Waals surface area contributed by atoms with Crippen molar-refractivity contribution in [3.63, 3.8) is 0 Å². The number of piperazine rings is 1. The minimum Gasteiger partial charge on any atom is -0.342 e. The first-order valence-electron chi connectivity index (χ1n) is 6.35. The first-order valence-corrected chi connectivity index (χ1v) is 8.20. The molecule has 2 saturated heterocycles. The number of amides is 3. The van der Waals surface area contributed by atoms with E-state index >= 15 is 0 Å². The maximum atomic E-state index is 12.4. The summed E-state index contributed by atoms with van der Waals surface area (Å²) >= 11 is 0. The van der Waals surface area contributed by atoms with Crippen molar-refractivity contribution in [3.8, 4) is 0 Å². The normalized spacial score (nSPS) is 24.1. The van der Waals surface area contributed by atoms with Crippen molar-refractivity contribution in [2.75, 3.05) is 32.4 Å². The lowest BCUT2D eigenvalue weighted by Crippen LogP contribution is -2.54. The highest BCUT2D eigenvalue weighted by Gasteiger charge is 2.43. The van der Waals surface area contributed by atoms with Crippen molar-refractivity contribution in [3.05, 3.63) is 0 Å². The largest absolute Gasteiger partial charge is 0.342 e. The lowest BCUT2D eigenvalue weighted by Gasteiger charge is -2.35. The first kappa shape index (κ1) is 14.8. The van der Waals surface area contributed by atoms with Gasteiger partial charge in [-0.3, -0.25) is 14.4 Å². The molecule has 112 valence electrons. The lowest BCUT2D eigenvalue weighted by atomic mass is 10.2. The van der Waals surface area contributed by atoms with Crippen LogP contribution in [0.4, 0.5) is 0 Å². The van der Waals surface area contributed by atoms with Gasteiger partial charge in [0.25, 0.3) is 0 Å². The predicted octanol–water partition coefficient (Wildman–Crippen LogP) is -1.76. The van der Waals surface area contributed by atoms with Crippen LogP contribution in [0.25, 0.3) is 0 Å². The van der Waals surface area contributed by atoms with Crippen molar-refractivity contribution in [2.45, 2.75) is 18.9 Å². The van der Waals surface area contributed by atoms with Crippen molar-refractivity contribution in [1.82, 2.24) is 14.1 Å². The lowest BCUT2D eigenvalue weighted by molar-refractivity contribution is -0.140. The molecule has 0 saturated carbocycles. The Labute approximate surface area is 117 Å². The zero-order valence-corrected chi connectivity index (χ0v) is 12.0. The van der Waals surface area contributed by atoms with Gasteiger partial charge in [0.05, 0.1) is 6.26 Å². The Bertz CT molecular complexity index is 524. The van der Waals surface area contributed by atoms with E-state index in [2.05, 4.69) is 0 Å². The molecule has 2 aliphatic rings. The Hall–Kier alpha value is -1.64. The zero-order valence-electron chi connectivity index (χ0n) is 11.2. The fourth-order valence-electron chi connectivity index (χ4n) is 2.56. The van der Waals surface area contributed by atoms with Gasteiger partial charge >= 0.3 is 0 Å². The molecule has 0 aromatic carbocycles. The number of sulfonamides is 1. The Balaban J connectivity index is 2.09. The monoisotopic (exact) mass is 303 g/mol. The van der Waals surface area contributed by atoms with Crippen LogP contribution in [0.3, 0.4) is 0 Å². The highest BCUT2D eigenvalue weighted by atomic mass is 32.2. The van der Waals surface area contributed by atoms with Gasteiger partial charge in [0.1, 0.15) is 6.04 Å². The molecular weight excluding hydrogens is 286 g/mol. The van der Waals surface area contributed by atoms with Gasteiger partial charge in [0.15, 0.2) is 0 Å². The molecule has 0 aromatic heterocycles. The fourth-order valence-corrected chi connectivity index (χ4v) is 3.68. The quantitative estimate of drug-likeness (QED) is 0.576. The SMILES string of the molecule is CS(=O)(=O)N1C(=O)CCC1C(=O)N1CCN(C=O)CC1. The van der Waals surface area contributed by atoms with E-state index in [4.69, 9.17) is 0 Å². The highest BCUT2D eigenvalue weighted by molar-refractivity contribution is 7.89. The maximum Gasteiger partial charge on any atom is 0.246 e. The number of nitrogens with zero attached hydrogens (tertiary/aromatic N) is 3. The number of carbonyl (C=O) groups is 3. The molecule has 2 fully saturated rings. The summed E-state index contributed by atoms with van der Waals surface area (Å²) in [7, 11) is -3.73. The third-order valence-electron chi connectivity index (χ3n) is 3.58. The third-order valence-corrected chi connectivity index (χ3v) is 4.75. The maximum absolute atomic E-state index is 12.4. The van der Waals surface area contributed by atoms with Gasteiger partial charge in [-0.05, 0) is 6.42 Å². The van der Waals surface area contributed by atoms with E-state index in [1.54, 1.807) is 4.90 Å². The van der Waals surface area contributed by atoms with Crippen LogP contribution < -0.4 is 0 Å². The molecule has 0 N–H and O–H groups in total. The van der Waals surface area contributed by atoms with Crippen molar-refractivity contribution in [1.29, 1.82) is 0 Å². The summed E-state index contributed by atoms with van der Waals surface area (Å²) in [6.45, 7) is 1.57. The molecule has 0 aliphatic carbocycles. The summed E-state index contributed by atoms with van der Waals surface area (Å²) in [5, 5.41) is 0. The Morgan fingerprint density at radius 3 is 2.35 bits per heavy atom. The van der Waals surface area contributed by atoms with Gasteiger partial charge in [0.2, 0.25) is 28.2 Å². The zero-order chi connectivity index (χ0) is 14.9. The van der Waals surface area contributed by atoms with Crippen LogP contribution in [0, 0.1) is 0 Å². The average Bonchev–Trinajstić information content (AvgIpc) is 2.80. The summed E-state index contributed by atoms with van der Waals surface area (Å²) in [5.41, 5.74) is 0. The van der Waals surface area contributed by atoms with E-state index in [0.29, 0.717) is 30.5 Å². The van der Waals surface area contributed by atoms with Crippen LogP contribution in [0.1, 0.15) is 12.8 Å². The molecule has 3 amide bonds. The average molecular weight is 303 g/mol. The number of hydrogen-bond donors (Lipinski definition) is 0. The number of carbonyl (C=O) groups excluding carboxylic acids is 3. The fraction of sp³-hybridized carbons (Fsp3) is 0.727. The second-order valence-corrected chi connectivity index (χ2v) is 6.83. The summed E-state index contributed by atoms with van der Waals surface area (Å²) in [5.74, 6) is -0.885. The number of hydrogen-bond acceptors (Lipinski definition) is 5. The Morgan fingerprint density at radius 2 is 1.85 bits per heavy atom. The molecule has 0 aromatic rings. The minimum atomic E-state index is -3.73. The summed E-state index contributed by atoms with van der Waals surface area (Å²) < 4.78 is 23.9. The topological polar surface area (TPSA) is 95.1 Å². The van der Waals surface area contributed by atoms with Crippen molar-refractivity contribution < 1.29 is 22.8 Å². The molecule has 0 bridgehead atoms. The van der Waals surface area contributed by atoms with Gasteiger partial charge in [-0.25, -0.2) is 12.7 Å². The molecule has 8 nitrogen and oxygen atoms in total. The van der Waals surface area contributed by atoms with Gasteiger partial charge in [-0.2, -0.15) is 0 Å². The van der Waals surface area contributed by atoms with E-state index in [9.17, 15) is 22.8 Å². The van der Waals surface area contributed by atoms with Gasteiger partial charge in [-0.15, -0.1) is 0 Å². The highest BCUT2D eigenvalue weighted by Crippen LogP contribution is 2.24. The van der Waals surface area contributed by atoms with Crippen LogP contribution in [-0.4, -0.2) is 79.2 Å². The second kappa shape index (κ2) is 5.39. The molecule has 1 atom stereocenters. The molecule has 1 unspecified atom stereocenters. The van der Waals surface area contributed by atoms with E-state index in [1.165, 1.54) is 4.90 Å². The smallest absolute Gasteiger partial charge is 0.246 e. The molecule has 0 radical (unpaired) electrons. The Morgan fingerprint density at radius 1 is 1.25 bits per heavy atom. The molecule has 9 heteroatoms. The molecular formula is C11H17N3O5S. The predicted molar refractivity (Wildman–Crippen MR) is 68.9 cm³/mol. The van der Waals surface area contributed by atoms with Crippen LogP contribution in [0.5, 0.6) is 0 Å². The van der Waals surface area contributed by atoms with E-state index in [1.807, 2.05) is 0 Å². The van der Waals surface area contributed by atoms with Gasteiger partial charge in [0, 0.05) is 32.6 Å². The summed E-state index contributed by atoms with van der Waals surface area (Å²) in [4.78, 5) is 37.7. The van der Waals surface area contributed by atoms with Gasteiger partial charge in [-0.1, -0.05) is 0 Å². The van der Waals surface area contributed by atoms with Crippen LogP contribution in [-0.2, 0) is 24.4 Å². The second-order valence-electron chi connectivity index (χ2n) is 4.97. The first-order chi connectivity index (χ1) is 9.34. The molecule has 0 spiro atoms. The van der Waals surface area contributed by atoms with Crippen LogP contribution in [0.2, 0.25) is 0 Å². The van der Waals surface area contributed by atoms with Crippen molar-refractivity contribution >= 4 is 28.2 Å². The van der Waals surface area contributed by atoms with Crippen LogP contribution >= 0.6 is 0 Å².